The van der Waals surface area contributed by atoms with Gasteiger partial charge >= 0.3 is 0 Å². The van der Waals surface area contributed by atoms with Gasteiger partial charge in [-0.25, -0.2) is 9.97 Å². The number of benzene rings is 2. The Kier molecular flexibility index (Phi) is 11.2. The summed E-state index contributed by atoms with van der Waals surface area (Å²) in [6.45, 7) is 2.25. The molecule has 2 fully saturated rings. The van der Waals surface area contributed by atoms with Crippen LogP contribution in [0, 0.1) is 0 Å². The Morgan fingerprint density at radius 3 is 1.86 bits per heavy atom. The molecule has 0 radical (unpaired) electrons. The maximum absolute atomic E-state index is 11.5. The van der Waals surface area contributed by atoms with Gasteiger partial charge in [-0.05, 0) is 18.9 Å². The van der Waals surface area contributed by atoms with Gasteiger partial charge in [0.05, 0.1) is 35.7 Å². The highest BCUT2D eigenvalue weighted by Gasteiger charge is 2.23. The first-order valence-electron chi connectivity index (χ1n) is 16.1. The van der Waals surface area contributed by atoms with Gasteiger partial charge in [0.25, 0.3) is 0 Å². The van der Waals surface area contributed by atoms with Crippen LogP contribution in [0.2, 0.25) is 15.2 Å². The second-order valence-corrected chi connectivity index (χ2v) is 13.2. The predicted molar refractivity (Wildman–Crippen MR) is 192 cm³/mol. The first-order valence-corrected chi connectivity index (χ1v) is 17.2. The number of rotatable bonds is 13. The van der Waals surface area contributed by atoms with Crippen LogP contribution in [-0.2, 0) is 22.7 Å². The fraction of sp³-hybridized carbons (Fsp3) is 0.333. The summed E-state index contributed by atoms with van der Waals surface area (Å²) in [6.07, 6.45) is 2.74. The Hall–Kier alpha value is -3.93. The highest BCUT2D eigenvalue weighted by Crippen LogP contribution is 2.43. The third-order valence-corrected chi connectivity index (χ3v) is 9.92. The lowest BCUT2D eigenvalue weighted by molar-refractivity contribution is -0.120. The molecule has 0 unspecified atom stereocenters. The van der Waals surface area contributed by atoms with Crippen LogP contribution in [0.3, 0.4) is 0 Å². The number of methoxy groups -OCH3 is 2. The van der Waals surface area contributed by atoms with Crippen LogP contribution >= 0.6 is 34.8 Å². The summed E-state index contributed by atoms with van der Waals surface area (Å²) in [7, 11) is 3.17. The smallest absolute Gasteiger partial charge is 0.220 e. The van der Waals surface area contributed by atoms with Crippen molar-refractivity contribution in [2.45, 2.75) is 50.9 Å². The number of ether oxygens (including phenoxy) is 2. The summed E-state index contributed by atoms with van der Waals surface area (Å²) in [6, 6.07) is 17.3. The van der Waals surface area contributed by atoms with Gasteiger partial charge < -0.3 is 30.7 Å². The average Bonchev–Trinajstić information content (AvgIpc) is 3.72. The summed E-state index contributed by atoms with van der Waals surface area (Å²) in [5.74, 6) is 1.23. The van der Waals surface area contributed by atoms with E-state index in [9.17, 15) is 9.59 Å². The molecule has 10 nitrogen and oxygen atoms in total. The zero-order valence-corrected chi connectivity index (χ0v) is 29.4. The molecule has 0 spiro atoms. The van der Waals surface area contributed by atoms with E-state index in [0.29, 0.717) is 88.4 Å². The lowest BCUT2D eigenvalue weighted by atomic mass is 9.98. The first-order chi connectivity index (χ1) is 23.7. The van der Waals surface area contributed by atoms with E-state index >= 15 is 0 Å². The number of hydrogen-bond donors (Lipinski definition) is 4. The van der Waals surface area contributed by atoms with Crippen LogP contribution in [0.1, 0.15) is 36.8 Å². The number of hydrogen-bond acceptors (Lipinski definition) is 8. The van der Waals surface area contributed by atoms with E-state index in [4.69, 9.17) is 49.3 Å². The molecule has 0 saturated carbocycles. The van der Waals surface area contributed by atoms with Crippen molar-refractivity contribution in [2.75, 3.05) is 27.3 Å². The Morgan fingerprint density at radius 2 is 1.31 bits per heavy atom. The van der Waals surface area contributed by atoms with Crippen molar-refractivity contribution in [2.24, 2.45) is 0 Å². The molecular weight excluding hydrogens is 687 g/mol. The molecule has 4 aromatic rings. The Labute approximate surface area is 300 Å². The van der Waals surface area contributed by atoms with Crippen LogP contribution in [0.4, 0.5) is 0 Å². The van der Waals surface area contributed by atoms with E-state index in [1.165, 1.54) is 0 Å². The molecule has 256 valence electrons. The third-order valence-electron chi connectivity index (χ3n) is 8.79. The lowest BCUT2D eigenvalue weighted by Crippen LogP contribution is -2.35. The second kappa shape index (κ2) is 15.7. The van der Waals surface area contributed by atoms with Gasteiger partial charge in [0.15, 0.2) is 0 Å². The van der Waals surface area contributed by atoms with Crippen molar-refractivity contribution in [1.82, 2.24) is 31.2 Å². The molecule has 4 N–H and O–H groups in total. The number of halogens is 3. The molecule has 2 amide bonds. The largest absolute Gasteiger partial charge is 0.496 e. The molecule has 0 aliphatic carbocycles. The molecule has 49 heavy (non-hydrogen) atoms. The molecule has 0 bridgehead atoms. The highest BCUT2D eigenvalue weighted by atomic mass is 35.5. The highest BCUT2D eigenvalue weighted by molar-refractivity contribution is 6.39. The van der Waals surface area contributed by atoms with Gasteiger partial charge in [-0.1, -0.05) is 77.3 Å². The maximum Gasteiger partial charge on any atom is 0.220 e. The van der Waals surface area contributed by atoms with E-state index in [2.05, 4.69) is 26.3 Å². The van der Waals surface area contributed by atoms with E-state index in [1.807, 2.05) is 54.6 Å². The van der Waals surface area contributed by atoms with Crippen LogP contribution in [-0.4, -0.2) is 61.2 Å². The minimum atomic E-state index is 0.0733. The lowest BCUT2D eigenvalue weighted by Gasteiger charge is -2.17. The zero-order chi connectivity index (χ0) is 34.5. The van der Waals surface area contributed by atoms with Crippen LogP contribution in [0.15, 0.2) is 54.6 Å². The Balaban J connectivity index is 1.22. The third kappa shape index (κ3) is 7.95. The minimum absolute atomic E-state index is 0.0733. The topological polar surface area (TPSA) is 126 Å². The van der Waals surface area contributed by atoms with Crippen molar-refractivity contribution in [3.8, 4) is 45.3 Å². The zero-order valence-electron chi connectivity index (χ0n) is 27.2. The average molecular weight is 724 g/mol. The van der Waals surface area contributed by atoms with E-state index in [0.717, 1.165) is 35.1 Å². The molecule has 2 aromatic carbocycles. The number of carbonyl (C=O) groups is 2. The number of amides is 2. The molecule has 13 heteroatoms. The summed E-state index contributed by atoms with van der Waals surface area (Å²) in [5, 5.41) is 13.9. The fourth-order valence-corrected chi connectivity index (χ4v) is 7.12. The van der Waals surface area contributed by atoms with Crippen molar-refractivity contribution >= 4 is 46.6 Å². The summed E-state index contributed by atoms with van der Waals surface area (Å²) in [5.41, 5.74) is 5.66. The van der Waals surface area contributed by atoms with E-state index in [-0.39, 0.29) is 23.9 Å². The van der Waals surface area contributed by atoms with Gasteiger partial charge in [-0.2, -0.15) is 0 Å². The molecule has 2 aliphatic heterocycles. The van der Waals surface area contributed by atoms with Crippen molar-refractivity contribution in [1.29, 1.82) is 0 Å². The summed E-state index contributed by atoms with van der Waals surface area (Å²) >= 11 is 20.9. The van der Waals surface area contributed by atoms with E-state index in [1.54, 1.807) is 14.2 Å². The number of carbonyl (C=O) groups excluding carboxylic acids is 2. The molecule has 2 aromatic heterocycles. The molecule has 2 atom stereocenters. The fourth-order valence-electron chi connectivity index (χ4n) is 6.22. The van der Waals surface area contributed by atoms with Crippen molar-refractivity contribution < 1.29 is 19.1 Å². The van der Waals surface area contributed by atoms with Gasteiger partial charge in [0.2, 0.25) is 17.7 Å². The SMILES string of the molecule is COc1cc(-c2cccc(-c3cccc(-c4ccc(CNC[C@@H]5CCC(=O)N5)c(OC)n4)c3Cl)c2Cl)nc(Cl)c1CNC[C@@H]1CCC(=O)N1. The number of aromatic nitrogens is 2. The molecule has 2 saturated heterocycles. The van der Waals surface area contributed by atoms with Crippen LogP contribution in [0.25, 0.3) is 33.6 Å². The van der Waals surface area contributed by atoms with Gasteiger partial charge in [0, 0.05) is 90.6 Å². The number of nitrogens with one attached hydrogen (secondary N) is 4. The van der Waals surface area contributed by atoms with Gasteiger partial charge in [-0.3, -0.25) is 9.59 Å². The van der Waals surface area contributed by atoms with Crippen molar-refractivity contribution in [3.63, 3.8) is 0 Å². The van der Waals surface area contributed by atoms with Gasteiger partial charge in [-0.15, -0.1) is 0 Å². The monoisotopic (exact) mass is 722 g/mol. The Bertz CT molecular complexity index is 1870. The van der Waals surface area contributed by atoms with Crippen LogP contribution in [0.5, 0.6) is 11.6 Å². The number of pyridine rings is 2. The van der Waals surface area contributed by atoms with Crippen molar-refractivity contribution in [3.05, 3.63) is 80.9 Å². The Morgan fingerprint density at radius 1 is 0.735 bits per heavy atom. The maximum atomic E-state index is 11.5. The molecule has 2 aliphatic rings. The normalized spacial score (nSPS) is 17.2. The minimum Gasteiger partial charge on any atom is -0.496 e. The number of nitrogens with zero attached hydrogens (tertiary/aromatic N) is 2. The van der Waals surface area contributed by atoms with Gasteiger partial charge in [0.1, 0.15) is 10.9 Å². The molecule has 4 heterocycles. The molecule has 6 rings (SSSR count). The predicted octanol–water partition coefficient (Wildman–Crippen LogP) is 6.19. The summed E-state index contributed by atoms with van der Waals surface area (Å²) < 4.78 is 11.3. The molecular formula is C36H37Cl3N6O4. The standard InChI is InChI=1S/C36H37Cl3N6O4/c1-48-30-15-29(44-35(39)27(30)19-41-18-22-11-14-32(47)43-22)26-8-4-6-24(34(26)38)23-5-3-7-25(33(23)37)28-12-9-20(36(45-28)49-2)16-40-17-21-10-13-31(46)42-21/h3-9,12,15,21-22,40-41H,10-11,13-14,16-19H2,1-2H3,(H,42,46)(H,43,47)/t21-,22-/m0/s1. The van der Waals surface area contributed by atoms with E-state index < -0.39 is 0 Å². The quantitative estimate of drug-likeness (QED) is 0.120. The van der Waals surface area contributed by atoms with Crippen LogP contribution < -0.4 is 30.7 Å². The summed E-state index contributed by atoms with van der Waals surface area (Å²) in [4.78, 5) is 32.5. The first kappa shape index (κ1) is 34.9. The second-order valence-electron chi connectivity index (χ2n) is 12.0.